The van der Waals surface area contributed by atoms with E-state index in [2.05, 4.69) is 9.97 Å². The number of alkyl halides is 3. The number of hydrogen-bond acceptors (Lipinski definition) is 5. The molecular formula is C20H25F3N4O3S. The van der Waals surface area contributed by atoms with Crippen LogP contribution in [0.15, 0.2) is 36.8 Å². The average molecular weight is 459 g/mol. The van der Waals surface area contributed by atoms with Gasteiger partial charge in [0.1, 0.15) is 0 Å². The second-order valence-electron chi connectivity index (χ2n) is 7.97. The van der Waals surface area contributed by atoms with Crippen LogP contribution in [0.1, 0.15) is 36.9 Å². The Kier molecular flexibility index (Phi) is 6.27. The van der Waals surface area contributed by atoms with Crippen LogP contribution in [-0.2, 0) is 27.8 Å². The lowest BCUT2D eigenvalue weighted by atomic mass is 10.1. The summed E-state index contributed by atoms with van der Waals surface area (Å²) < 4.78 is 71.4. The molecule has 1 aromatic carbocycles. The van der Waals surface area contributed by atoms with Crippen LogP contribution in [0, 0.1) is 0 Å². The molecule has 1 atom stereocenters. The molecule has 1 unspecified atom stereocenters. The van der Waals surface area contributed by atoms with Gasteiger partial charge in [0.15, 0.2) is 0 Å². The molecule has 0 saturated heterocycles. The van der Waals surface area contributed by atoms with Gasteiger partial charge in [-0.15, -0.1) is 0 Å². The van der Waals surface area contributed by atoms with Gasteiger partial charge in [-0.05, 0) is 24.5 Å². The minimum atomic E-state index is -5.49. The van der Waals surface area contributed by atoms with Crippen LogP contribution in [0.2, 0.25) is 0 Å². The lowest BCUT2D eigenvalue weighted by molar-refractivity contribution is -0.0495. The summed E-state index contributed by atoms with van der Waals surface area (Å²) >= 11 is 0. The number of aromatic amines is 1. The summed E-state index contributed by atoms with van der Waals surface area (Å²) in [7, 11) is -5.49. The summed E-state index contributed by atoms with van der Waals surface area (Å²) in [6.07, 6.45) is 7.17. The molecule has 31 heavy (non-hydrogen) atoms. The fourth-order valence-electron chi connectivity index (χ4n) is 4.25. The summed E-state index contributed by atoms with van der Waals surface area (Å²) in [4.78, 5) is 8.95. The van der Waals surface area contributed by atoms with E-state index in [0.717, 1.165) is 31.4 Å². The summed E-state index contributed by atoms with van der Waals surface area (Å²) in [5.41, 5.74) is -3.39. The van der Waals surface area contributed by atoms with Crippen molar-refractivity contribution in [2.24, 2.45) is 0 Å². The number of nitrogens with one attached hydrogen (secondary N) is 1. The molecule has 0 bridgehead atoms. The van der Waals surface area contributed by atoms with E-state index >= 15 is 0 Å². The van der Waals surface area contributed by atoms with Gasteiger partial charge in [0.25, 0.3) is 0 Å². The number of rotatable bonds is 6. The Balaban J connectivity index is 1.70. The third-order valence-corrected chi connectivity index (χ3v) is 7.40. The van der Waals surface area contributed by atoms with Crippen LogP contribution in [0.3, 0.4) is 0 Å². The maximum Gasteiger partial charge on any atom is 0.511 e. The molecule has 1 aliphatic carbocycles. The molecule has 1 saturated carbocycles. The molecule has 1 aliphatic heterocycles. The zero-order chi connectivity index (χ0) is 22.1. The number of fused-ring (bicyclic) bond motifs is 1. The second kappa shape index (κ2) is 8.79. The van der Waals surface area contributed by atoms with Gasteiger partial charge in [0.2, 0.25) is 0 Å². The predicted molar refractivity (Wildman–Crippen MR) is 109 cm³/mol. The molecule has 0 spiro atoms. The highest BCUT2D eigenvalue weighted by molar-refractivity contribution is 7.89. The molecule has 1 aromatic heterocycles. The first-order valence-corrected chi connectivity index (χ1v) is 11.7. The Hall–Kier alpha value is -2.11. The maximum absolute atomic E-state index is 13.4. The molecular weight excluding hydrogens is 433 g/mol. The van der Waals surface area contributed by atoms with Gasteiger partial charge in [-0.25, -0.2) is 13.4 Å². The van der Waals surface area contributed by atoms with Crippen LogP contribution in [0.4, 0.5) is 18.9 Å². The Morgan fingerprint density at radius 1 is 1.19 bits per heavy atom. The van der Waals surface area contributed by atoms with Crippen molar-refractivity contribution in [3.05, 3.63) is 48.0 Å². The third-order valence-electron chi connectivity index (χ3n) is 5.86. The summed E-state index contributed by atoms with van der Waals surface area (Å²) in [5, 5.41) is 0. The lowest BCUT2D eigenvalue weighted by Crippen LogP contribution is -2.49. The normalized spacial score (nSPS) is 21.3. The van der Waals surface area contributed by atoms with Crippen LogP contribution in [0.25, 0.3) is 0 Å². The van der Waals surface area contributed by atoms with E-state index in [0.29, 0.717) is 22.1 Å². The number of hydrogen-bond donors (Lipinski definition) is 1. The van der Waals surface area contributed by atoms with Gasteiger partial charge >= 0.3 is 15.5 Å². The van der Waals surface area contributed by atoms with E-state index in [1.807, 2.05) is 4.90 Å². The number of aromatic nitrogens is 2. The van der Waals surface area contributed by atoms with Crippen LogP contribution in [0.5, 0.6) is 0 Å². The number of benzene rings is 1. The van der Waals surface area contributed by atoms with Gasteiger partial charge < -0.3 is 14.6 Å². The highest BCUT2D eigenvalue weighted by Crippen LogP contribution is 2.35. The Labute approximate surface area is 179 Å². The molecule has 2 aliphatic rings. The lowest BCUT2D eigenvalue weighted by Gasteiger charge is -2.34. The van der Waals surface area contributed by atoms with Crippen molar-refractivity contribution in [1.29, 1.82) is 0 Å². The number of anilines is 1. The van der Waals surface area contributed by atoms with E-state index in [9.17, 15) is 21.6 Å². The van der Waals surface area contributed by atoms with Gasteiger partial charge in [0.05, 0.1) is 37.3 Å². The number of ether oxygens (including phenoxy) is 1. The number of para-hydroxylation sites is 1. The van der Waals surface area contributed by atoms with Crippen molar-refractivity contribution >= 4 is 15.7 Å². The summed E-state index contributed by atoms with van der Waals surface area (Å²) in [5.74, 6) is 0. The largest absolute Gasteiger partial charge is 0.511 e. The summed E-state index contributed by atoms with van der Waals surface area (Å²) in [6, 6.07) is 6.36. The predicted octanol–water partition coefficient (Wildman–Crippen LogP) is 3.41. The fraction of sp³-hybridized carbons (Fsp3) is 0.550. The van der Waals surface area contributed by atoms with Gasteiger partial charge in [-0.2, -0.15) is 17.5 Å². The Morgan fingerprint density at radius 2 is 1.94 bits per heavy atom. The number of nitrogens with zero attached hydrogens (tertiary/aromatic N) is 3. The molecule has 0 radical (unpaired) electrons. The van der Waals surface area contributed by atoms with Crippen molar-refractivity contribution in [3.8, 4) is 0 Å². The topological polar surface area (TPSA) is 78.5 Å². The van der Waals surface area contributed by atoms with Crippen LogP contribution in [-0.4, -0.2) is 53.5 Å². The zero-order valence-electron chi connectivity index (χ0n) is 16.9. The Morgan fingerprint density at radius 3 is 2.61 bits per heavy atom. The minimum Gasteiger partial charge on any atom is -0.376 e. The van der Waals surface area contributed by atoms with E-state index in [1.165, 1.54) is 6.33 Å². The fourth-order valence-corrected chi connectivity index (χ4v) is 5.22. The maximum atomic E-state index is 13.4. The zero-order valence-corrected chi connectivity index (χ0v) is 17.7. The molecule has 1 fully saturated rings. The highest BCUT2D eigenvalue weighted by atomic mass is 32.2. The highest BCUT2D eigenvalue weighted by Gasteiger charge is 2.51. The van der Waals surface area contributed by atoms with Crippen molar-refractivity contribution in [1.82, 2.24) is 14.3 Å². The van der Waals surface area contributed by atoms with Crippen molar-refractivity contribution in [2.75, 3.05) is 18.1 Å². The van der Waals surface area contributed by atoms with Crippen molar-refractivity contribution < 1.29 is 26.3 Å². The third kappa shape index (κ3) is 4.73. The molecule has 2 aromatic rings. The number of sulfonamides is 1. The van der Waals surface area contributed by atoms with Crippen LogP contribution < -0.4 is 4.90 Å². The molecule has 2 heterocycles. The Bertz CT molecular complexity index is 976. The van der Waals surface area contributed by atoms with Gasteiger partial charge in [-0.3, -0.25) is 0 Å². The smallest absolute Gasteiger partial charge is 0.376 e. The molecule has 7 nitrogen and oxygen atoms in total. The van der Waals surface area contributed by atoms with Crippen molar-refractivity contribution in [3.63, 3.8) is 0 Å². The SMILES string of the molecule is O=S(=O)(N1Cc2ccccc2N(Cc2cnc[nH]2)C(COC2CCCC2)C1)C(F)(F)F. The summed E-state index contributed by atoms with van der Waals surface area (Å²) in [6.45, 7) is -0.193. The molecule has 4 rings (SSSR count). The first kappa shape index (κ1) is 22.1. The molecule has 1 N–H and O–H groups in total. The van der Waals surface area contributed by atoms with Crippen molar-refractivity contribution in [2.45, 2.75) is 56.4 Å². The number of H-pyrrole nitrogens is 1. The van der Waals surface area contributed by atoms with Gasteiger partial charge in [-0.1, -0.05) is 31.0 Å². The average Bonchev–Trinajstić information content (AvgIpc) is 3.39. The number of halogens is 3. The molecule has 170 valence electrons. The van der Waals surface area contributed by atoms with Crippen LogP contribution >= 0.6 is 0 Å². The first-order valence-electron chi connectivity index (χ1n) is 10.3. The van der Waals surface area contributed by atoms with E-state index in [1.54, 1.807) is 30.5 Å². The van der Waals surface area contributed by atoms with E-state index in [4.69, 9.17) is 4.74 Å². The minimum absolute atomic E-state index is 0.0557. The van der Waals surface area contributed by atoms with Gasteiger partial charge in [0, 0.05) is 25.0 Å². The van der Waals surface area contributed by atoms with E-state index < -0.39 is 21.6 Å². The monoisotopic (exact) mass is 458 g/mol. The quantitative estimate of drug-likeness (QED) is 0.718. The first-order chi connectivity index (χ1) is 14.8. The standard InChI is InChI=1S/C20H25F3N4O3S/c21-20(22,23)31(28,29)26-10-15-5-1-4-8-19(15)27(11-16-9-24-14-25-16)17(12-26)13-30-18-6-2-3-7-18/h1,4-5,8-9,14,17-18H,2-3,6-7,10-13H2,(H,24,25). The number of imidazole rings is 1. The van der Waals surface area contributed by atoms with E-state index in [-0.39, 0.29) is 25.8 Å². The molecule has 0 amide bonds. The second-order valence-corrected chi connectivity index (χ2v) is 9.90. The molecule has 11 heteroatoms.